The van der Waals surface area contributed by atoms with Crippen molar-refractivity contribution in [2.75, 3.05) is 51.1 Å². The second kappa shape index (κ2) is 9.20. The van der Waals surface area contributed by atoms with Crippen LogP contribution in [0.5, 0.6) is 0 Å². The lowest BCUT2D eigenvalue weighted by atomic mass is 10.0. The topological polar surface area (TPSA) is 73.4 Å². The van der Waals surface area contributed by atoms with Crippen LogP contribution in [0.25, 0.3) is 11.0 Å². The standard InChI is InChI=1S/C25H33F3N6O/c1-24(2)17-13-34(14-18(17)24)12-11-33-9-7-16(8-10-33)30-23(35)21-4-3-20-19(31-21)5-6-22(32-20)29-15-25(26,27)28/h3-6,16-18H,7-15H2,1-2H3,(H,29,32)(H,30,35). The SMILES string of the molecule is CC1(C)C2CN(CCN3CCC(NC(=O)c4ccc5nc(NCC(F)(F)F)ccc5n4)CC3)CC21. The highest BCUT2D eigenvalue weighted by molar-refractivity contribution is 5.94. The molecular formula is C25H33F3N6O. The van der Waals surface area contributed by atoms with Gasteiger partial charge in [-0.05, 0) is 54.4 Å². The van der Waals surface area contributed by atoms with E-state index in [0.29, 0.717) is 16.4 Å². The van der Waals surface area contributed by atoms with E-state index in [2.05, 4.69) is 44.2 Å². The molecule has 0 spiro atoms. The average Bonchev–Trinajstić information content (AvgIpc) is 3.13. The van der Waals surface area contributed by atoms with E-state index in [0.717, 1.165) is 50.9 Å². The molecule has 2 aromatic heterocycles. The number of aromatic nitrogens is 2. The van der Waals surface area contributed by atoms with Gasteiger partial charge in [-0.1, -0.05) is 13.8 Å². The maximum absolute atomic E-state index is 12.8. The van der Waals surface area contributed by atoms with Crippen molar-refractivity contribution in [3.8, 4) is 0 Å². The van der Waals surface area contributed by atoms with Crippen LogP contribution in [0, 0.1) is 17.3 Å². The molecule has 2 unspecified atom stereocenters. The first-order chi connectivity index (χ1) is 16.6. The van der Waals surface area contributed by atoms with Crippen molar-refractivity contribution in [2.45, 2.75) is 38.9 Å². The Labute approximate surface area is 203 Å². The number of hydrogen-bond acceptors (Lipinski definition) is 6. The van der Waals surface area contributed by atoms with E-state index in [-0.39, 0.29) is 23.5 Å². The number of nitrogens with one attached hydrogen (secondary N) is 2. The lowest BCUT2D eigenvalue weighted by Crippen LogP contribution is -2.46. The van der Waals surface area contributed by atoms with Crippen molar-refractivity contribution in [1.82, 2.24) is 25.1 Å². The molecule has 2 aromatic rings. The lowest BCUT2D eigenvalue weighted by molar-refractivity contribution is -0.115. The summed E-state index contributed by atoms with van der Waals surface area (Å²) in [5, 5.41) is 5.34. The van der Waals surface area contributed by atoms with Gasteiger partial charge in [0, 0.05) is 45.3 Å². The molecule has 2 saturated heterocycles. The summed E-state index contributed by atoms with van der Waals surface area (Å²) >= 11 is 0. The van der Waals surface area contributed by atoms with Gasteiger partial charge < -0.3 is 20.4 Å². The summed E-state index contributed by atoms with van der Waals surface area (Å²) < 4.78 is 37.2. The zero-order chi connectivity index (χ0) is 24.8. The zero-order valence-electron chi connectivity index (χ0n) is 20.2. The van der Waals surface area contributed by atoms with E-state index >= 15 is 0 Å². The van der Waals surface area contributed by atoms with Gasteiger partial charge in [-0.2, -0.15) is 13.2 Å². The summed E-state index contributed by atoms with van der Waals surface area (Å²) in [5.74, 6) is 1.65. The summed E-state index contributed by atoms with van der Waals surface area (Å²) in [7, 11) is 0. The number of nitrogens with zero attached hydrogens (tertiary/aromatic N) is 4. The Balaban J connectivity index is 1.07. The number of rotatable bonds is 7. The van der Waals surface area contributed by atoms with Crippen molar-refractivity contribution >= 4 is 22.8 Å². The molecule has 35 heavy (non-hydrogen) atoms. The molecule has 1 saturated carbocycles. The molecule has 7 nitrogen and oxygen atoms in total. The van der Waals surface area contributed by atoms with Crippen LogP contribution in [-0.4, -0.2) is 83.7 Å². The van der Waals surface area contributed by atoms with Crippen molar-refractivity contribution in [1.29, 1.82) is 0 Å². The molecule has 4 heterocycles. The Morgan fingerprint density at radius 3 is 2.31 bits per heavy atom. The van der Waals surface area contributed by atoms with E-state index < -0.39 is 12.7 Å². The summed E-state index contributed by atoms with van der Waals surface area (Å²) in [6, 6.07) is 6.30. The van der Waals surface area contributed by atoms with Crippen molar-refractivity contribution in [3.63, 3.8) is 0 Å². The van der Waals surface area contributed by atoms with Crippen molar-refractivity contribution in [3.05, 3.63) is 30.0 Å². The molecule has 3 fully saturated rings. The smallest absolute Gasteiger partial charge is 0.361 e. The fourth-order valence-electron chi connectivity index (χ4n) is 5.66. The van der Waals surface area contributed by atoms with Crippen molar-refractivity contribution < 1.29 is 18.0 Å². The minimum Gasteiger partial charge on any atom is -0.361 e. The maximum Gasteiger partial charge on any atom is 0.405 e. The third-order valence-corrected chi connectivity index (χ3v) is 8.10. The van der Waals surface area contributed by atoms with E-state index in [1.54, 1.807) is 18.2 Å². The number of anilines is 1. The normalized spacial score (nSPS) is 24.9. The highest BCUT2D eigenvalue weighted by atomic mass is 19.4. The quantitative estimate of drug-likeness (QED) is 0.620. The van der Waals surface area contributed by atoms with Crippen LogP contribution in [0.3, 0.4) is 0 Å². The minimum absolute atomic E-state index is 0.114. The molecule has 0 radical (unpaired) electrons. The fourth-order valence-corrected chi connectivity index (χ4v) is 5.66. The van der Waals surface area contributed by atoms with Crippen LogP contribution in [0.1, 0.15) is 37.2 Å². The van der Waals surface area contributed by atoms with E-state index in [4.69, 9.17) is 0 Å². The first-order valence-corrected chi connectivity index (χ1v) is 12.4. The van der Waals surface area contributed by atoms with Crippen LogP contribution in [0.15, 0.2) is 24.3 Å². The van der Waals surface area contributed by atoms with E-state index in [1.165, 1.54) is 19.2 Å². The molecule has 3 aliphatic rings. The number of hydrogen-bond donors (Lipinski definition) is 2. The Kier molecular flexibility index (Phi) is 6.37. The van der Waals surface area contributed by atoms with Gasteiger partial charge >= 0.3 is 6.18 Å². The van der Waals surface area contributed by atoms with Crippen LogP contribution in [0.2, 0.25) is 0 Å². The summed E-state index contributed by atoms with van der Waals surface area (Å²) in [6.07, 6.45) is -2.50. The molecule has 1 aliphatic carbocycles. The highest BCUT2D eigenvalue weighted by Gasteiger charge is 2.61. The molecule has 2 aliphatic heterocycles. The largest absolute Gasteiger partial charge is 0.405 e. The van der Waals surface area contributed by atoms with Gasteiger partial charge in [0.1, 0.15) is 18.1 Å². The summed E-state index contributed by atoms with van der Waals surface area (Å²) in [4.78, 5) is 26.3. The van der Waals surface area contributed by atoms with Crippen LogP contribution < -0.4 is 10.6 Å². The van der Waals surface area contributed by atoms with Crippen molar-refractivity contribution in [2.24, 2.45) is 17.3 Å². The number of pyridine rings is 2. The first-order valence-electron chi connectivity index (χ1n) is 12.4. The molecule has 0 bridgehead atoms. The monoisotopic (exact) mass is 490 g/mol. The average molecular weight is 491 g/mol. The number of piperidine rings is 2. The third-order valence-electron chi connectivity index (χ3n) is 8.10. The van der Waals surface area contributed by atoms with E-state index in [9.17, 15) is 18.0 Å². The molecule has 2 N–H and O–H groups in total. The highest BCUT2D eigenvalue weighted by Crippen LogP contribution is 2.61. The fraction of sp³-hybridized carbons (Fsp3) is 0.640. The van der Waals surface area contributed by atoms with Gasteiger partial charge in [0.05, 0.1) is 11.0 Å². The number of alkyl halides is 3. The summed E-state index contributed by atoms with van der Waals surface area (Å²) in [5.41, 5.74) is 1.74. The van der Waals surface area contributed by atoms with E-state index in [1.807, 2.05) is 0 Å². The summed E-state index contributed by atoms with van der Waals surface area (Å²) in [6.45, 7) is 10.3. The van der Waals surface area contributed by atoms with Crippen LogP contribution in [-0.2, 0) is 0 Å². The second-order valence-corrected chi connectivity index (χ2v) is 10.8. The Morgan fingerprint density at radius 2 is 1.63 bits per heavy atom. The van der Waals surface area contributed by atoms with Gasteiger partial charge in [-0.25, -0.2) is 9.97 Å². The zero-order valence-corrected chi connectivity index (χ0v) is 20.2. The number of halogens is 3. The number of fused-ring (bicyclic) bond motifs is 2. The lowest BCUT2D eigenvalue weighted by Gasteiger charge is -2.33. The number of amides is 1. The van der Waals surface area contributed by atoms with Gasteiger partial charge in [0.2, 0.25) is 0 Å². The number of likely N-dealkylation sites (tertiary alicyclic amines) is 2. The number of carbonyl (C=O) groups is 1. The number of carbonyl (C=O) groups excluding carboxylic acids is 1. The minimum atomic E-state index is -4.32. The first kappa shape index (κ1) is 24.2. The molecular weight excluding hydrogens is 457 g/mol. The van der Waals surface area contributed by atoms with Gasteiger partial charge in [0.25, 0.3) is 5.91 Å². The Morgan fingerprint density at radius 1 is 1.00 bits per heavy atom. The van der Waals surface area contributed by atoms with Gasteiger partial charge in [0.15, 0.2) is 0 Å². The predicted octanol–water partition coefficient (Wildman–Crippen LogP) is 3.39. The molecule has 5 rings (SSSR count). The Bertz CT molecular complexity index is 1070. The van der Waals surface area contributed by atoms with Gasteiger partial charge in [-0.3, -0.25) is 4.79 Å². The second-order valence-electron chi connectivity index (χ2n) is 10.8. The Hall–Kier alpha value is -2.46. The molecule has 10 heteroatoms. The van der Waals surface area contributed by atoms with Gasteiger partial charge in [-0.15, -0.1) is 0 Å². The predicted molar refractivity (Wildman–Crippen MR) is 128 cm³/mol. The molecule has 2 atom stereocenters. The molecule has 0 aromatic carbocycles. The molecule has 1 amide bonds. The maximum atomic E-state index is 12.8. The van der Waals surface area contributed by atoms with Crippen LogP contribution >= 0.6 is 0 Å². The molecule has 190 valence electrons. The van der Waals surface area contributed by atoms with Crippen LogP contribution in [0.4, 0.5) is 19.0 Å². The third kappa shape index (κ3) is 5.53.